The second-order valence-corrected chi connectivity index (χ2v) is 3.42. The molecule has 4 N–H and O–H groups in total. The number of methoxy groups -OCH3 is 1. The average molecular weight is 249 g/mol. The average Bonchev–Trinajstić information content (AvgIpc) is 2.25. The molecule has 3 nitrogen and oxygen atoms in total. The highest BCUT2D eigenvalue weighted by Gasteiger charge is 2.11. The first-order chi connectivity index (χ1) is 7.19. The van der Waals surface area contributed by atoms with Crippen LogP contribution in [0.25, 0.3) is 0 Å². The van der Waals surface area contributed by atoms with Gasteiger partial charge in [-0.1, -0.05) is 6.07 Å². The van der Waals surface area contributed by atoms with Crippen molar-refractivity contribution in [2.45, 2.75) is 18.9 Å². The molecule has 0 radical (unpaired) electrons. The Morgan fingerprint density at radius 1 is 1.44 bits per heavy atom. The molecule has 0 aliphatic heterocycles. The second-order valence-electron chi connectivity index (χ2n) is 3.42. The first kappa shape index (κ1) is 15.2. The Morgan fingerprint density at radius 2 is 2.12 bits per heavy atom. The third kappa shape index (κ3) is 3.96. The van der Waals surface area contributed by atoms with Crippen molar-refractivity contribution >= 4 is 12.4 Å². The third-order valence-corrected chi connectivity index (χ3v) is 2.33. The van der Waals surface area contributed by atoms with E-state index in [4.69, 9.17) is 16.2 Å². The van der Waals surface area contributed by atoms with Gasteiger partial charge in [0.1, 0.15) is 11.6 Å². The summed E-state index contributed by atoms with van der Waals surface area (Å²) in [5.74, 6) is 0.182. The van der Waals surface area contributed by atoms with Gasteiger partial charge in [0.2, 0.25) is 0 Å². The van der Waals surface area contributed by atoms with Crippen molar-refractivity contribution in [1.29, 1.82) is 0 Å². The molecule has 1 atom stereocenters. The predicted octanol–water partition coefficient (Wildman–Crippen LogP) is 1.99. The SMILES string of the molecule is COc1ccc([C@H](N)CCCN)c(F)c1.Cl. The maximum atomic E-state index is 13.5. The Morgan fingerprint density at radius 3 is 2.62 bits per heavy atom. The Balaban J connectivity index is 0.00000225. The second kappa shape index (κ2) is 7.44. The van der Waals surface area contributed by atoms with Crippen LogP contribution in [0.5, 0.6) is 5.75 Å². The molecule has 0 amide bonds. The molecule has 1 aromatic rings. The number of hydrogen-bond acceptors (Lipinski definition) is 3. The van der Waals surface area contributed by atoms with Gasteiger partial charge in [0.15, 0.2) is 0 Å². The molecule has 0 saturated heterocycles. The Bertz CT molecular complexity index is 323. The maximum Gasteiger partial charge on any atom is 0.131 e. The minimum atomic E-state index is -0.320. The van der Waals surface area contributed by atoms with E-state index in [-0.39, 0.29) is 24.3 Å². The van der Waals surface area contributed by atoms with E-state index in [2.05, 4.69) is 0 Å². The number of hydrogen-bond donors (Lipinski definition) is 2. The number of nitrogens with two attached hydrogens (primary N) is 2. The van der Waals surface area contributed by atoms with Gasteiger partial charge in [0, 0.05) is 17.7 Å². The Labute approximate surface area is 101 Å². The lowest BCUT2D eigenvalue weighted by atomic mass is 10.0. The van der Waals surface area contributed by atoms with Gasteiger partial charge in [0.25, 0.3) is 0 Å². The zero-order valence-electron chi connectivity index (χ0n) is 9.28. The van der Waals surface area contributed by atoms with Crippen LogP contribution in [0.15, 0.2) is 18.2 Å². The minimum absolute atomic E-state index is 0. The maximum absolute atomic E-state index is 13.5. The molecule has 1 rings (SSSR count). The summed E-state index contributed by atoms with van der Waals surface area (Å²) < 4.78 is 18.4. The number of halogens is 2. The highest BCUT2D eigenvalue weighted by atomic mass is 35.5. The lowest BCUT2D eigenvalue weighted by molar-refractivity contribution is 0.410. The van der Waals surface area contributed by atoms with Crippen molar-refractivity contribution in [2.24, 2.45) is 11.5 Å². The van der Waals surface area contributed by atoms with Gasteiger partial charge in [0.05, 0.1) is 7.11 Å². The van der Waals surface area contributed by atoms with E-state index in [1.54, 1.807) is 12.1 Å². The summed E-state index contributed by atoms with van der Waals surface area (Å²) >= 11 is 0. The van der Waals surface area contributed by atoms with Crippen LogP contribution in [-0.4, -0.2) is 13.7 Å². The normalized spacial score (nSPS) is 11.8. The highest BCUT2D eigenvalue weighted by Crippen LogP contribution is 2.22. The first-order valence-corrected chi connectivity index (χ1v) is 4.98. The lowest BCUT2D eigenvalue weighted by Gasteiger charge is -2.13. The van der Waals surface area contributed by atoms with Crippen LogP contribution < -0.4 is 16.2 Å². The van der Waals surface area contributed by atoms with E-state index in [1.165, 1.54) is 13.2 Å². The highest BCUT2D eigenvalue weighted by molar-refractivity contribution is 5.85. The van der Waals surface area contributed by atoms with Crippen molar-refractivity contribution in [3.8, 4) is 5.75 Å². The van der Waals surface area contributed by atoms with E-state index in [1.807, 2.05) is 0 Å². The van der Waals surface area contributed by atoms with Gasteiger partial charge in [-0.2, -0.15) is 0 Å². The number of rotatable bonds is 5. The van der Waals surface area contributed by atoms with Gasteiger partial charge in [-0.15, -0.1) is 12.4 Å². The summed E-state index contributed by atoms with van der Waals surface area (Å²) in [4.78, 5) is 0. The lowest BCUT2D eigenvalue weighted by Crippen LogP contribution is -2.14. The van der Waals surface area contributed by atoms with Crippen LogP contribution >= 0.6 is 12.4 Å². The molecule has 16 heavy (non-hydrogen) atoms. The molecule has 0 aliphatic carbocycles. The van der Waals surface area contributed by atoms with Crippen LogP contribution in [0.2, 0.25) is 0 Å². The molecule has 0 saturated carbocycles. The van der Waals surface area contributed by atoms with Crippen LogP contribution in [0.1, 0.15) is 24.4 Å². The molecule has 0 unspecified atom stereocenters. The summed E-state index contributed by atoms with van der Waals surface area (Å²) in [5.41, 5.74) is 11.7. The number of benzene rings is 1. The van der Waals surface area contributed by atoms with Crippen LogP contribution in [0.3, 0.4) is 0 Å². The summed E-state index contributed by atoms with van der Waals surface area (Å²) in [7, 11) is 1.50. The van der Waals surface area contributed by atoms with Crippen LogP contribution in [0, 0.1) is 5.82 Å². The van der Waals surface area contributed by atoms with Crippen LogP contribution in [0.4, 0.5) is 4.39 Å². The first-order valence-electron chi connectivity index (χ1n) is 4.98. The molecular formula is C11H18ClFN2O. The largest absolute Gasteiger partial charge is 0.497 e. The Kier molecular flexibility index (Phi) is 7.05. The molecule has 0 aromatic heterocycles. The van der Waals surface area contributed by atoms with Gasteiger partial charge in [-0.3, -0.25) is 0 Å². The fraction of sp³-hybridized carbons (Fsp3) is 0.455. The molecule has 5 heteroatoms. The quantitative estimate of drug-likeness (QED) is 0.838. The van der Waals surface area contributed by atoms with Gasteiger partial charge in [-0.25, -0.2) is 4.39 Å². The zero-order valence-corrected chi connectivity index (χ0v) is 10.1. The van der Waals surface area contributed by atoms with Crippen molar-refractivity contribution in [3.05, 3.63) is 29.6 Å². The van der Waals surface area contributed by atoms with E-state index in [0.29, 0.717) is 24.3 Å². The summed E-state index contributed by atoms with van der Waals surface area (Å²) in [6, 6.07) is 4.42. The van der Waals surface area contributed by atoms with Crippen molar-refractivity contribution in [3.63, 3.8) is 0 Å². The van der Waals surface area contributed by atoms with E-state index < -0.39 is 0 Å². The van der Waals surface area contributed by atoms with E-state index in [9.17, 15) is 4.39 Å². The van der Waals surface area contributed by atoms with E-state index in [0.717, 1.165) is 6.42 Å². The molecule has 0 fully saturated rings. The van der Waals surface area contributed by atoms with Crippen LogP contribution in [-0.2, 0) is 0 Å². The standard InChI is InChI=1S/C11H17FN2O.ClH/c1-15-8-4-5-9(10(12)7-8)11(14)3-2-6-13;/h4-5,7,11H,2-3,6,13-14H2,1H3;1H/t11-;/m1./s1. The molecule has 1 aromatic carbocycles. The molecule has 92 valence electrons. The number of ether oxygens (including phenoxy) is 1. The van der Waals surface area contributed by atoms with Crippen molar-refractivity contribution in [2.75, 3.05) is 13.7 Å². The molecule has 0 spiro atoms. The summed E-state index contributed by atoms with van der Waals surface area (Å²) in [6.45, 7) is 0.575. The topological polar surface area (TPSA) is 61.3 Å². The molecular weight excluding hydrogens is 231 g/mol. The van der Waals surface area contributed by atoms with Crippen molar-refractivity contribution in [1.82, 2.24) is 0 Å². The fourth-order valence-electron chi connectivity index (χ4n) is 1.43. The van der Waals surface area contributed by atoms with E-state index >= 15 is 0 Å². The molecule has 0 bridgehead atoms. The molecule has 0 heterocycles. The van der Waals surface area contributed by atoms with Gasteiger partial charge < -0.3 is 16.2 Å². The van der Waals surface area contributed by atoms with Gasteiger partial charge >= 0.3 is 0 Å². The predicted molar refractivity (Wildman–Crippen MR) is 65.4 cm³/mol. The van der Waals surface area contributed by atoms with Gasteiger partial charge in [-0.05, 0) is 25.5 Å². The summed E-state index contributed by atoms with van der Waals surface area (Å²) in [6.07, 6.45) is 1.49. The zero-order chi connectivity index (χ0) is 11.3. The third-order valence-electron chi connectivity index (χ3n) is 2.33. The summed E-state index contributed by atoms with van der Waals surface area (Å²) in [5, 5.41) is 0. The smallest absolute Gasteiger partial charge is 0.131 e. The monoisotopic (exact) mass is 248 g/mol. The fourth-order valence-corrected chi connectivity index (χ4v) is 1.43. The minimum Gasteiger partial charge on any atom is -0.497 e. The Hall–Kier alpha value is -0.840. The molecule has 0 aliphatic rings. The van der Waals surface area contributed by atoms with Crippen molar-refractivity contribution < 1.29 is 9.13 Å².